The molecule has 2 N–H and O–H groups in total. The zero-order chi connectivity index (χ0) is 15.1. The topological polar surface area (TPSA) is 29.3 Å². The van der Waals surface area contributed by atoms with Crippen LogP contribution < -0.4 is 5.73 Å². The van der Waals surface area contributed by atoms with E-state index in [0.29, 0.717) is 12.6 Å². The molecule has 0 saturated heterocycles. The number of nitrogens with zero attached hydrogens (tertiary/aromatic N) is 1. The largest absolute Gasteiger partial charge is 0.329 e. The monoisotopic (exact) mass is 316 g/mol. The van der Waals surface area contributed by atoms with Crippen LogP contribution in [-0.2, 0) is 0 Å². The number of nitrogens with two attached hydrogens (primary N) is 1. The lowest BCUT2D eigenvalue weighted by Gasteiger charge is -2.31. The van der Waals surface area contributed by atoms with Crippen LogP contribution in [0.2, 0.25) is 4.34 Å². The minimum atomic E-state index is 0.310. The Hall–Kier alpha value is -0.0900. The molecule has 2 nitrogen and oxygen atoms in total. The van der Waals surface area contributed by atoms with E-state index in [9.17, 15) is 0 Å². The molecule has 0 aliphatic heterocycles. The SMILES string of the molecule is CC(C)CCN(CCC(C)C)C(CN)c1ccc(Cl)s1. The van der Waals surface area contributed by atoms with Crippen molar-refractivity contribution in [2.75, 3.05) is 19.6 Å². The second-order valence-corrected chi connectivity index (χ2v) is 8.04. The summed E-state index contributed by atoms with van der Waals surface area (Å²) in [4.78, 5) is 3.84. The van der Waals surface area contributed by atoms with Gasteiger partial charge in [-0.05, 0) is 49.9 Å². The number of hydrogen-bond acceptors (Lipinski definition) is 3. The highest BCUT2D eigenvalue weighted by molar-refractivity contribution is 7.16. The van der Waals surface area contributed by atoms with Crippen LogP contribution in [0, 0.1) is 11.8 Å². The average Bonchev–Trinajstić information content (AvgIpc) is 2.78. The predicted molar refractivity (Wildman–Crippen MR) is 91.6 cm³/mol. The van der Waals surface area contributed by atoms with Crippen molar-refractivity contribution in [3.8, 4) is 0 Å². The zero-order valence-corrected chi connectivity index (χ0v) is 14.8. The molecule has 0 radical (unpaired) electrons. The van der Waals surface area contributed by atoms with E-state index < -0.39 is 0 Å². The van der Waals surface area contributed by atoms with Crippen molar-refractivity contribution in [3.05, 3.63) is 21.3 Å². The van der Waals surface area contributed by atoms with Crippen molar-refractivity contribution in [1.82, 2.24) is 4.90 Å². The van der Waals surface area contributed by atoms with Gasteiger partial charge < -0.3 is 5.73 Å². The minimum Gasteiger partial charge on any atom is -0.329 e. The van der Waals surface area contributed by atoms with E-state index in [1.807, 2.05) is 6.07 Å². The Morgan fingerprint density at radius 2 is 1.65 bits per heavy atom. The van der Waals surface area contributed by atoms with Crippen LogP contribution in [0.25, 0.3) is 0 Å². The van der Waals surface area contributed by atoms with Gasteiger partial charge in [0.1, 0.15) is 0 Å². The molecule has 1 heterocycles. The summed E-state index contributed by atoms with van der Waals surface area (Å²) in [5.74, 6) is 1.45. The molecule has 1 aromatic rings. The van der Waals surface area contributed by atoms with E-state index in [4.69, 9.17) is 17.3 Å². The van der Waals surface area contributed by atoms with Crippen molar-refractivity contribution >= 4 is 22.9 Å². The summed E-state index contributed by atoms with van der Waals surface area (Å²) in [5, 5.41) is 0. The molecule has 1 unspecified atom stereocenters. The van der Waals surface area contributed by atoms with Gasteiger partial charge in [-0.3, -0.25) is 4.90 Å². The van der Waals surface area contributed by atoms with E-state index in [-0.39, 0.29) is 0 Å². The Labute approximate surface area is 133 Å². The molecular weight excluding hydrogens is 288 g/mol. The maximum Gasteiger partial charge on any atom is 0.0931 e. The summed E-state index contributed by atoms with van der Waals surface area (Å²) < 4.78 is 0.853. The molecule has 1 atom stereocenters. The fourth-order valence-electron chi connectivity index (χ4n) is 2.22. The van der Waals surface area contributed by atoms with Gasteiger partial charge in [-0.2, -0.15) is 0 Å². The fraction of sp³-hybridized carbons (Fsp3) is 0.750. The van der Waals surface area contributed by atoms with Crippen LogP contribution in [0.1, 0.15) is 51.5 Å². The third kappa shape index (κ3) is 6.13. The normalized spacial score (nSPS) is 13.7. The molecular formula is C16H29ClN2S. The molecule has 1 aromatic heterocycles. The highest BCUT2D eigenvalue weighted by atomic mass is 35.5. The maximum absolute atomic E-state index is 6.08. The summed E-state index contributed by atoms with van der Waals surface area (Å²) in [5.41, 5.74) is 6.05. The number of thiophene rings is 1. The molecule has 0 aliphatic carbocycles. The molecule has 0 amide bonds. The standard InChI is InChI=1S/C16H29ClN2S/c1-12(2)7-9-19(10-8-13(3)4)14(11-18)15-5-6-16(17)20-15/h5-6,12-14H,7-11,18H2,1-4H3. The van der Waals surface area contributed by atoms with E-state index in [1.54, 1.807) is 11.3 Å². The zero-order valence-electron chi connectivity index (χ0n) is 13.2. The highest BCUT2D eigenvalue weighted by Gasteiger charge is 2.21. The van der Waals surface area contributed by atoms with Crippen LogP contribution in [-0.4, -0.2) is 24.5 Å². The Balaban J connectivity index is 2.75. The van der Waals surface area contributed by atoms with Gasteiger partial charge in [0.2, 0.25) is 0 Å². The average molecular weight is 317 g/mol. The Morgan fingerprint density at radius 1 is 1.10 bits per heavy atom. The van der Waals surface area contributed by atoms with Gasteiger partial charge in [-0.15, -0.1) is 11.3 Å². The Kier molecular flexibility index (Phi) is 8.11. The lowest BCUT2D eigenvalue weighted by atomic mass is 10.1. The second-order valence-electron chi connectivity index (χ2n) is 6.29. The predicted octanol–water partition coefficient (Wildman–Crippen LogP) is 4.80. The number of rotatable bonds is 9. The Morgan fingerprint density at radius 3 is 2.00 bits per heavy atom. The molecule has 0 aromatic carbocycles. The first-order valence-corrected chi connectivity index (χ1v) is 8.82. The summed E-state index contributed by atoms with van der Waals surface area (Å²) in [6.45, 7) is 12.0. The number of halogens is 1. The maximum atomic E-state index is 6.08. The van der Waals surface area contributed by atoms with Crippen molar-refractivity contribution in [2.24, 2.45) is 17.6 Å². The van der Waals surface area contributed by atoms with Crippen molar-refractivity contribution in [2.45, 2.75) is 46.6 Å². The van der Waals surface area contributed by atoms with Crippen LogP contribution in [0.15, 0.2) is 12.1 Å². The van der Waals surface area contributed by atoms with Crippen LogP contribution in [0.5, 0.6) is 0 Å². The van der Waals surface area contributed by atoms with E-state index in [0.717, 1.165) is 29.3 Å². The molecule has 0 aliphatic rings. The van der Waals surface area contributed by atoms with Crippen LogP contribution >= 0.6 is 22.9 Å². The molecule has 0 saturated carbocycles. The minimum absolute atomic E-state index is 0.310. The molecule has 1 rings (SSSR count). The molecule has 0 spiro atoms. The van der Waals surface area contributed by atoms with E-state index in [2.05, 4.69) is 38.7 Å². The van der Waals surface area contributed by atoms with Gasteiger partial charge >= 0.3 is 0 Å². The molecule has 20 heavy (non-hydrogen) atoms. The van der Waals surface area contributed by atoms with Gasteiger partial charge in [0.15, 0.2) is 0 Å². The molecule has 0 bridgehead atoms. The van der Waals surface area contributed by atoms with Crippen molar-refractivity contribution in [1.29, 1.82) is 0 Å². The van der Waals surface area contributed by atoms with Gasteiger partial charge in [-0.1, -0.05) is 39.3 Å². The molecule has 116 valence electrons. The Bertz CT molecular complexity index is 364. The first-order valence-electron chi connectivity index (χ1n) is 7.63. The lowest BCUT2D eigenvalue weighted by Crippen LogP contribution is -2.35. The third-order valence-electron chi connectivity index (χ3n) is 3.57. The first-order chi connectivity index (χ1) is 9.43. The molecule has 0 fully saturated rings. The summed E-state index contributed by atoms with van der Waals surface area (Å²) in [6, 6.07) is 4.42. The third-order valence-corrected chi connectivity index (χ3v) is 4.91. The van der Waals surface area contributed by atoms with E-state index >= 15 is 0 Å². The smallest absolute Gasteiger partial charge is 0.0931 e. The van der Waals surface area contributed by atoms with E-state index in [1.165, 1.54) is 17.7 Å². The van der Waals surface area contributed by atoms with Crippen LogP contribution in [0.4, 0.5) is 0 Å². The first kappa shape index (κ1) is 18.0. The summed E-state index contributed by atoms with van der Waals surface area (Å²) in [7, 11) is 0. The molecule has 4 heteroatoms. The highest BCUT2D eigenvalue weighted by Crippen LogP contribution is 2.30. The second kappa shape index (κ2) is 9.04. The fourth-order valence-corrected chi connectivity index (χ4v) is 3.43. The quantitative estimate of drug-likeness (QED) is 0.709. The van der Waals surface area contributed by atoms with Crippen molar-refractivity contribution in [3.63, 3.8) is 0 Å². The summed E-state index contributed by atoms with van der Waals surface area (Å²) >= 11 is 7.74. The van der Waals surface area contributed by atoms with Gasteiger partial charge in [0.25, 0.3) is 0 Å². The van der Waals surface area contributed by atoms with Gasteiger partial charge in [0, 0.05) is 11.4 Å². The summed E-state index contributed by atoms with van der Waals surface area (Å²) in [6.07, 6.45) is 2.43. The van der Waals surface area contributed by atoms with Gasteiger partial charge in [-0.25, -0.2) is 0 Å². The number of hydrogen-bond donors (Lipinski definition) is 1. The lowest BCUT2D eigenvalue weighted by molar-refractivity contribution is 0.183. The van der Waals surface area contributed by atoms with Crippen molar-refractivity contribution < 1.29 is 0 Å². The van der Waals surface area contributed by atoms with Crippen LogP contribution in [0.3, 0.4) is 0 Å². The van der Waals surface area contributed by atoms with Gasteiger partial charge in [0.05, 0.1) is 10.4 Å².